The zero-order valence-corrected chi connectivity index (χ0v) is 19.9. The highest BCUT2D eigenvalue weighted by atomic mass is 35.5. The number of hydrogen-bond acceptors (Lipinski definition) is 5. The molecule has 1 saturated heterocycles. The number of halogens is 1. The fraction of sp³-hybridized carbons (Fsp3) is 0.269. The van der Waals surface area contributed by atoms with Crippen molar-refractivity contribution in [3.63, 3.8) is 0 Å². The lowest BCUT2D eigenvalue weighted by Crippen LogP contribution is -2.23. The minimum Gasteiger partial charge on any atom is -0.493 e. The molecule has 2 aromatic heterocycles. The molecule has 0 amide bonds. The lowest BCUT2D eigenvalue weighted by Gasteiger charge is -2.15. The summed E-state index contributed by atoms with van der Waals surface area (Å²) in [5.41, 5.74) is 1.73. The molecule has 3 heterocycles. The van der Waals surface area contributed by atoms with Gasteiger partial charge in [0.15, 0.2) is 11.5 Å². The van der Waals surface area contributed by atoms with E-state index < -0.39 is 0 Å². The van der Waals surface area contributed by atoms with Gasteiger partial charge in [-0.1, -0.05) is 23.7 Å². The van der Waals surface area contributed by atoms with E-state index in [1.54, 1.807) is 11.7 Å². The Morgan fingerprint density at radius 2 is 1.97 bits per heavy atom. The highest BCUT2D eigenvalue weighted by molar-refractivity contribution is 7.22. The van der Waals surface area contributed by atoms with Crippen LogP contribution in [0.3, 0.4) is 0 Å². The zero-order valence-electron chi connectivity index (χ0n) is 18.3. The molecule has 170 valence electrons. The third-order valence-electron chi connectivity index (χ3n) is 6.02. The normalized spacial score (nSPS) is 15.8. The molecule has 1 fully saturated rings. The molecular formula is C26H25ClN2O3S. The number of pyridine rings is 1. The molecule has 1 unspecified atom stereocenters. The molecule has 4 aromatic rings. The number of hydrogen-bond donors (Lipinski definition) is 1. The molecule has 0 spiro atoms. The maximum absolute atomic E-state index is 13.3. The first kappa shape index (κ1) is 22.0. The van der Waals surface area contributed by atoms with Gasteiger partial charge in [-0.2, -0.15) is 0 Å². The van der Waals surface area contributed by atoms with Gasteiger partial charge in [0.2, 0.25) is 0 Å². The van der Waals surface area contributed by atoms with Crippen LogP contribution in [0.2, 0.25) is 5.02 Å². The second kappa shape index (κ2) is 9.59. The molecule has 1 aliphatic rings. The Balaban J connectivity index is 1.41. The van der Waals surface area contributed by atoms with Crippen LogP contribution in [0, 0.1) is 0 Å². The lowest BCUT2D eigenvalue weighted by molar-refractivity contribution is 0.275. The maximum atomic E-state index is 13.3. The van der Waals surface area contributed by atoms with E-state index in [9.17, 15) is 4.79 Å². The van der Waals surface area contributed by atoms with Crippen molar-refractivity contribution in [2.75, 3.05) is 20.3 Å². The summed E-state index contributed by atoms with van der Waals surface area (Å²) in [5.74, 6) is 1.31. The monoisotopic (exact) mass is 480 g/mol. The first-order chi connectivity index (χ1) is 16.1. The summed E-state index contributed by atoms with van der Waals surface area (Å²) in [6, 6.07) is 17.8. The minimum absolute atomic E-state index is 0.0549. The average Bonchev–Trinajstić information content (AvgIpc) is 3.51. The highest BCUT2D eigenvalue weighted by Gasteiger charge is 2.15. The molecule has 5 rings (SSSR count). The fourth-order valence-corrected chi connectivity index (χ4v) is 5.44. The molecule has 33 heavy (non-hydrogen) atoms. The summed E-state index contributed by atoms with van der Waals surface area (Å²) in [4.78, 5) is 14.3. The Hall–Kier alpha value is -2.80. The number of rotatable bonds is 7. The van der Waals surface area contributed by atoms with E-state index in [0.717, 1.165) is 34.5 Å². The molecular weight excluding hydrogens is 456 g/mol. The molecule has 0 saturated carbocycles. The summed E-state index contributed by atoms with van der Waals surface area (Å²) in [7, 11) is 1.62. The van der Waals surface area contributed by atoms with E-state index >= 15 is 0 Å². The number of methoxy groups -OCH3 is 1. The maximum Gasteiger partial charge on any atom is 0.273 e. The summed E-state index contributed by atoms with van der Waals surface area (Å²) < 4.78 is 13.9. The quantitative estimate of drug-likeness (QED) is 0.357. The molecule has 0 bridgehead atoms. The van der Waals surface area contributed by atoms with Gasteiger partial charge < -0.3 is 14.8 Å². The third-order valence-corrected chi connectivity index (χ3v) is 7.46. The summed E-state index contributed by atoms with van der Waals surface area (Å²) in [5, 5.41) is 5.11. The number of aromatic nitrogens is 1. The molecule has 1 atom stereocenters. The van der Waals surface area contributed by atoms with E-state index in [0.29, 0.717) is 33.9 Å². The van der Waals surface area contributed by atoms with Crippen molar-refractivity contribution in [3.8, 4) is 27.6 Å². The van der Waals surface area contributed by atoms with Gasteiger partial charge in [-0.15, -0.1) is 11.3 Å². The van der Waals surface area contributed by atoms with Crippen LogP contribution in [0.4, 0.5) is 0 Å². The van der Waals surface area contributed by atoms with Gasteiger partial charge in [0, 0.05) is 33.6 Å². The van der Waals surface area contributed by atoms with Crippen molar-refractivity contribution in [1.82, 2.24) is 9.88 Å². The van der Waals surface area contributed by atoms with Gasteiger partial charge >= 0.3 is 0 Å². The molecule has 0 aliphatic carbocycles. The molecule has 2 aromatic carbocycles. The van der Waals surface area contributed by atoms with Crippen molar-refractivity contribution in [2.45, 2.75) is 25.3 Å². The molecule has 7 heteroatoms. The topological polar surface area (TPSA) is 52.5 Å². The van der Waals surface area contributed by atoms with Crippen LogP contribution in [0.15, 0.2) is 65.6 Å². The van der Waals surface area contributed by atoms with E-state index in [2.05, 4.69) is 5.32 Å². The Morgan fingerprint density at radius 3 is 2.73 bits per heavy atom. The number of benzene rings is 2. The molecule has 1 N–H and O–H groups in total. The van der Waals surface area contributed by atoms with Crippen LogP contribution in [0.25, 0.3) is 26.2 Å². The standard InChI is InChI=1S/C26H25ClN2O3S/c1-31-23-16-21(8-9-22(23)32-14-11-20-3-2-12-28-20)29-13-10-18-15-24(33-25(18)26(29)30)17-4-6-19(27)7-5-17/h4-10,13,15-16,20,28H,2-3,11-12,14H2,1H3. The van der Waals surface area contributed by atoms with E-state index in [1.807, 2.05) is 60.8 Å². The third kappa shape index (κ3) is 4.64. The number of fused-ring (bicyclic) bond motifs is 1. The minimum atomic E-state index is -0.0549. The van der Waals surface area contributed by atoms with E-state index in [1.165, 1.54) is 24.2 Å². The SMILES string of the molecule is COc1cc(-n2ccc3cc(-c4ccc(Cl)cc4)sc3c2=O)ccc1OCCC1CCCN1. The number of thiophene rings is 1. The smallest absolute Gasteiger partial charge is 0.273 e. The van der Waals surface area contributed by atoms with Crippen LogP contribution < -0.4 is 20.3 Å². The first-order valence-corrected chi connectivity index (χ1v) is 12.3. The van der Waals surface area contributed by atoms with Gasteiger partial charge in [-0.3, -0.25) is 9.36 Å². The molecule has 5 nitrogen and oxygen atoms in total. The second-order valence-corrected chi connectivity index (χ2v) is 9.65. The van der Waals surface area contributed by atoms with Gasteiger partial charge in [0.25, 0.3) is 5.56 Å². The Kier molecular flexibility index (Phi) is 6.40. The number of ether oxygens (including phenoxy) is 2. The van der Waals surface area contributed by atoms with Gasteiger partial charge in [-0.05, 0) is 67.8 Å². The second-order valence-electron chi connectivity index (χ2n) is 8.16. The van der Waals surface area contributed by atoms with Crippen LogP contribution in [0.5, 0.6) is 11.5 Å². The van der Waals surface area contributed by atoms with Gasteiger partial charge in [-0.25, -0.2) is 0 Å². The fourth-order valence-electron chi connectivity index (χ4n) is 4.23. The van der Waals surface area contributed by atoms with E-state index in [4.69, 9.17) is 21.1 Å². The van der Waals surface area contributed by atoms with Crippen LogP contribution in [-0.2, 0) is 0 Å². The molecule has 1 aliphatic heterocycles. The summed E-state index contributed by atoms with van der Waals surface area (Å²) in [6.45, 7) is 1.72. The summed E-state index contributed by atoms with van der Waals surface area (Å²) in [6.07, 6.45) is 5.21. The largest absolute Gasteiger partial charge is 0.493 e. The zero-order chi connectivity index (χ0) is 22.8. The predicted octanol–water partition coefficient (Wildman–Crippen LogP) is 5.90. The van der Waals surface area contributed by atoms with Crippen molar-refractivity contribution >= 4 is 33.0 Å². The average molecular weight is 481 g/mol. The Bertz CT molecular complexity index is 1320. The Morgan fingerprint density at radius 1 is 1.12 bits per heavy atom. The highest BCUT2D eigenvalue weighted by Crippen LogP contribution is 2.33. The Labute approximate surface area is 201 Å². The number of nitrogens with zero attached hydrogens (tertiary/aromatic N) is 1. The molecule has 0 radical (unpaired) electrons. The van der Waals surface area contributed by atoms with Crippen LogP contribution in [-0.4, -0.2) is 30.9 Å². The van der Waals surface area contributed by atoms with Crippen molar-refractivity contribution in [3.05, 3.63) is 76.2 Å². The van der Waals surface area contributed by atoms with Crippen LogP contribution in [0.1, 0.15) is 19.3 Å². The first-order valence-electron chi connectivity index (χ1n) is 11.1. The van der Waals surface area contributed by atoms with Crippen molar-refractivity contribution in [2.24, 2.45) is 0 Å². The van der Waals surface area contributed by atoms with Gasteiger partial charge in [0.05, 0.1) is 19.4 Å². The van der Waals surface area contributed by atoms with Crippen molar-refractivity contribution < 1.29 is 9.47 Å². The number of nitrogens with one attached hydrogen (secondary N) is 1. The predicted molar refractivity (Wildman–Crippen MR) is 136 cm³/mol. The van der Waals surface area contributed by atoms with Crippen LogP contribution >= 0.6 is 22.9 Å². The summed E-state index contributed by atoms with van der Waals surface area (Å²) >= 11 is 7.50. The van der Waals surface area contributed by atoms with Gasteiger partial charge in [0.1, 0.15) is 4.70 Å². The van der Waals surface area contributed by atoms with Crippen molar-refractivity contribution in [1.29, 1.82) is 0 Å². The van der Waals surface area contributed by atoms with E-state index in [-0.39, 0.29) is 5.56 Å². The lowest BCUT2D eigenvalue weighted by atomic mass is 10.2.